The fourth-order valence-electron chi connectivity index (χ4n) is 5.79. The van der Waals surface area contributed by atoms with Gasteiger partial charge in [-0.1, -0.05) is 19.6 Å². The summed E-state index contributed by atoms with van der Waals surface area (Å²) < 4.78 is 9.61. The molecule has 2 aliphatic rings. The van der Waals surface area contributed by atoms with Gasteiger partial charge in [0, 0.05) is 89.0 Å². The van der Waals surface area contributed by atoms with E-state index in [2.05, 4.69) is 79.2 Å². The molecule has 288 valence electrons. The van der Waals surface area contributed by atoms with Crippen LogP contribution < -0.4 is 15.1 Å². The molecule has 2 aromatic carbocycles. The van der Waals surface area contributed by atoms with Crippen molar-refractivity contribution in [2.45, 2.75) is 34.1 Å². The Morgan fingerprint density at radius 1 is 0.654 bits per heavy atom. The Hall–Kier alpha value is -3.37. The van der Waals surface area contributed by atoms with Gasteiger partial charge < -0.3 is 15.1 Å². The van der Waals surface area contributed by atoms with Crippen LogP contribution in [0.4, 0.5) is 11.4 Å². The number of nitrogens with one attached hydrogen (secondary N) is 3. The second kappa shape index (κ2) is 23.3. The summed E-state index contributed by atoms with van der Waals surface area (Å²) in [7, 11) is 0. The van der Waals surface area contributed by atoms with Gasteiger partial charge in [-0.05, 0) is 70.9 Å². The third-order valence-corrected chi connectivity index (χ3v) is 8.44. The lowest BCUT2D eigenvalue weighted by Crippen LogP contribution is -2.47. The van der Waals surface area contributed by atoms with Crippen molar-refractivity contribution in [3.8, 4) is 0 Å². The smallest absolute Gasteiger partial charge is 0.158 e. The number of aryl methyl sites for hydroxylation is 3. The Labute approximate surface area is 333 Å². The zero-order chi connectivity index (χ0) is 32.4. The fourth-order valence-corrected chi connectivity index (χ4v) is 5.98. The third-order valence-electron chi connectivity index (χ3n) is 8.25. The molecule has 8 rings (SSSR count). The topological polar surface area (TPSA) is 157 Å². The van der Waals surface area contributed by atoms with Gasteiger partial charge in [0.05, 0.1) is 22.8 Å². The first-order valence-corrected chi connectivity index (χ1v) is 16.5. The van der Waals surface area contributed by atoms with Crippen molar-refractivity contribution in [3.63, 3.8) is 0 Å². The second-order valence-corrected chi connectivity index (χ2v) is 12.0. The van der Waals surface area contributed by atoms with E-state index in [1.54, 1.807) is 0 Å². The van der Waals surface area contributed by atoms with Gasteiger partial charge >= 0.3 is 0 Å². The van der Waals surface area contributed by atoms with E-state index < -0.39 is 0 Å². The van der Waals surface area contributed by atoms with Gasteiger partial charge in [0.25, 0.3) is 0 Å². The highest BCUT2D eigenvalue weighted by atomic mass is 35.5. The van der Waals surface area contributed by atoms with Crippen LogP contribution in [0.1, 0.15) is 30.2 Å². The van der Waals surface area contributed by atoms with E-state index in [1.807, 2.05) is 44.2 Å². The molecule has 0 aliphatic carbocycles. The lowest BCUT2D eigenvalue weighted by Gasteiger charge is -2.35. The van der Waals surface area contributed by atoms with Crippen molar-refractivity contribution in [2.24, 2.45) is 0 Å². The standard InChI is InChI=1S/C16H20N6O.C10H12N4O.C6H9ClN2.CH4.4ClH/c1-12-11-13(18-17-12)5-6-21-7-9-22(10-8-21)15-4-2-3-14-16(15)20-23-19-14;1-2-8-10(13-15-12-8)9(3-1)14-6-4-11-5-7-14;1-5-4-6(2-3-7)9-8-5;;;;;/h2-4,11H,5-10H2,1H3,(H,17,18);1-3,11H,4-7H2;4H,2-3H2,1H3,(H,8,9);1H4;4*1H. The van der Waals surface area contributed by atoms with E-state index in [9.17, 15) is 0 Å². The second-order valence-electron chi connectivity index (χ2n) is 11.7. The van der Waals surface area contributed by atoms with Crippen LogP contribution in [0.25, 0.3) is 22.1 Å². The van der Waals surface area contributed by atoms with E-state index >= 15 is 0 Å². The number of H-pyrrole nitrogens is 2. The van der Waals surface area contributed by atoms with Gasteiger partial charge in [-0.15, -0.1) is 61.2 Å². The Balaban J connectivity index is 0.000000407. The summed E-state index contributed by atoms with van der Waals surface area (Å²) in [4.78, 5) is 7.16. The highest BCUT2D eigenvalue weighted by Gasteiger charge is 2.20. The summed E-state index contributed by atoms with van der Waals surface area (Å²) in [6.07, 6.45) is 1.85. The van der Waals surface area contributed by atoms with Crippen molar-refractivity contribution < 1.29 is 9.26 Å². The number of piperazine rings is 2. The molecule has 0 spiro atoms. The van der Waals surface area contributed by atoms with Crippen LogP contribution >= 0.6 is 61.2 Å². The summed E-state index contributed by atoms with van der Waals surface area (Å²) in [5.41, 5.74) is 10.00. The molecule has 2 saturated heterocycles. The van der Waals surface area contributed by atoms with Crippen LogP contribution in [0.5, 0.6) is 0 Å². The largest absolute Gasteiger partial charge is 0.367 e. The molecule has 0 unspecified atom stereocenters. The van der Waals surface area contributed by atoms with Gasteiger partial charge in [0.15, 0.2) is 11.0 Å². The highest BCUT2D eigenvalue weighted by molar-refractivity contribution is 6.17. The Morgan fingerprint density at radius 2 is 1.13 bits per heavy atom. The van der Waals surface area contributed by atoms with Gasteiger partial charge in [0.2, 0.25) is 0 Å². The summed E-state index contributed by atoms with van der Waals surface area (Å²) >= 11 is 5.49. The molecule has 0 radical (unpaired) electrons. The Bertz CT molecular complexity index is 1830. The van der Waals surface area contributed by atoms with Crippen molar-refractivity contribution in [3.05, 3.63) is 71.3 Å². The number of halogens is 5. The molecular weight excluding hydrogens is 774 g/mol. The van der Waals surface area contributed by atoms with Crippen LogP contribution in [0.15, 0.2) is 57.8 Å². The molecule has 4 aromatic heterocycles. The first kappa shape index (κ1) is 46.7. The van der Waals surface area contributed by atoms with Crippen molar-refractivity contribution >= 4 is 94.7 Å². The first-order valence-electron chi connectivity index (χ1n) is 16.0. The number of fused-ring (bicyclic) bond motifs is 2. The fraction of sp³-hybridized carbons (Fsp3) is 0.455. The average Bonchev–Trinajstić information content (AvgIpc) is 3.93. The maximum absolute atomic E-state index is 5.49. The van der Waals surface area contributed by atoms with Gasteiger partial charge in [-0.3, -0.25) is 15.1 Å². The van der Waals surface area contributed by atoms with Gasteiger partial charge in [0.1, 0.15) is 11.0 Å². The lowest BCUT2D eigenvalue weighted by atomic mass is 10.2. The number of nitrogens with zero attached hydrogens (tertiary/aromatic N) is 9. The summed E-state index contributed by atoms with van der Waals surface area (Å²) in [5, 5.41) is 33.2. The molecule has 0 amide bonds. The molecule has 6 heterocycles. The van der Waals surface area contributed by atoms with Crippen molar-refractivity contribution in [1.29, 1.82) is 0 Å². The third kappa shape index (κ3) is 12.4. The maximum atomic E-state index is 5.49. The highest BCUT2D eigenvalue weighted by Crippen LogP contribution is 2.25. The number of anilines is 2. The van der Waals surface area contributed by atoms with E-state index in [4.69, 9.17) is 20.9 Å². The molecule has 0 bridgehead atoms. The molecule has 2 fully saturated rings. The maximum Gasteiger partial charge on any atom is 0.158 e. The number of aromatic amines is 2. The minimum atomic E-state index is 0. The predicted octanol–water partition coefficient (Wildman–Crippen LogP) is 6.07. The molecule has 3 N–H and O–H groups in total. The molecule has 52 heavy (non-hydrogen) atoms. The quantitative estimate of drug-likeness (QED) is 0.160. The zero-order valence-corrected chi connectivity index (χ0v) is 32.5. The van der Waals surface area contributed by atoms with E-state index in [1.165, 1.54) is 0 Å². The van der Waals surface area contributed by atoms with Crippen LogP contribution in [-0.4, -0.2) is 111 Å². The normalized spacial score (nSPS) is 13.9. The molecule has 2 aliphatic heterocycles. The number of aromatic nitrogens is 8. The minimum absolute atomic E-state index is 0. The number of rotatable bonds is 7. The minimum Gasteiger partial charge on any atom is -0.367 e. The Morgan fingerprint density at radius 3 is 1.60 bits per heavy atom. The van der Waals surface area contributed by atoms with Crippen LogP contribution in [-0.2, 0) is 12.8 Å². The van der Waals surface area contributed by atoms with E-state index in [-0.39, 0.29) is 57.1 Å². The van der Waals surface area contributed by atoms with Gasteiger partial charge in [-0.25, -0.2) is 9.26 Å². The summed E-state index contributed by atoms with van der Waals surface area (Å²) in [6, 6.07) is 16.1. The van der Waals surface area contributed by atoms with Crippen LogP contribution in [0.2, 0.25) is 0 Å². The summed E-state index contributed by atoms with van der Waals surface area (Å²) in [6.45, 7) is 13.2. The molecular formula is C33H49Cl5N12O2. The van der Waals surface area contributed by atoms with Crippen molar-refractivity contribution in [1.82, 2.24) is 51.2 Å². The number of hydrogen-bond donors (Lipinski definition) is 3. The van der Waals surface area contributed by atoms with E-state index in [0.717, 1.165) is 128 Å². The predicted molar refractivity (Wildman–Crippen MR) is 218 cm³/mol. The number of alkyl halides is 1. The average molecular weight is 823 g/mol. The first-order chi connectivity index (χ1) is 23.1. The monoisotopic (exact) mass is 820 g/mol. The lowest BCUT2D eigenvalue weighted by molar-refractivity contribution is 0.260. The van der Waals surface area contributed by atoms with E-state index in [0.29, 0.717) is 5.88 Å². The molecule has 19 heteroatoms. The molecule has 0 saturated carbocycles. The number of benzene rings is 2. The molecule has 14 nitrogen and oxygen atoms in total. The molecule has 0 atom stereocenters. The zero-order valence-electron chi connectivity index (χ0n) is 28.5. The SMILES string of the molecule is C.Cc1cc(CCCl)n[nH]1.Cc1cc(CCN2CCN(c3cccc4nonc34)CC2)n[nH]1.Cl.Cl.Cl.Cl.c1cc(N2CCNCC2)c2nonc2c1. The molecule has 6 aromatic rings. The Kier molecular flexibility index (Phi) is 20.9. The van der Waals surface area contributed by atoms with Crippen LogP contribution in [0.3, 0.4) is 0 Å². The van der Waals surface area contributed by atoms with Gasteiger partial charge in [-0.2, -0.15) is 10.2 Å². The summed E-state index contributed by atoms with van der Waals surface area (Å²) in [5.74, 6) is 0.643. The van der Waals surface area contributed by atoms with Crippen molar-refractivity contribution in [2.75, 3.05) is 74.6 Å². The van der Waals surface area contributed by atoms with Crippen LogP contribution in [0, 0.1) is 13.8 Å². The number of hydrogen-bond acceptors (Lipinski definition) is 12.